The number of amides is 1. The summed E-state index contributed by atoms with van der Waals surface area (Å²) in [4.78, 5) is 20.7. The van der Waals surface area contributed by atoms with Gasteiger partial charge in [-0.25, -0.2) is 18.1 Å². The Kier molecular flexibility index (Phi) is 5.72. The Labute approximate surface area is 181 Å². The number of aromatic nitrogens is 2. The van der Waals surface area contributed by atoms with Crippen molar-refractivity contribution in [3.8, 4) is 5.88 Å². The van der Waals surface area contributed by atoms with E-state index in [-0.39, 0.29) is 11.5 Å². The highest BCUT2D eigenvalue weighted by atomic mass is 32.2. The minimum absolute atomic E-state index is 0.0624. The highest BCUT2D eigenvalue weighted by molar-refractivity contribution is 7.90. The third kappa shape index (κ3) is 4.03. The maximum atomic E-state index is 13.3. The van der Waals surface area contributed by atoms with Gasteiger partial charge in [-0.1, -0.05) is 13.0 Å². The molecule has 8 nitrogen and oxygen atoms in total. The number of hydrogen-bond acceptors (Lipinski definition) is 6. The lowest BCUT2D eigenvalue weighted by Crippen LogP contribution is -2.39. The molecule has 164 valence electrons. The van der Waals surface area contributed by atoms with Crippen LogP contribution in [0.1, 0.15) is 30.9 Å². The van der Waals surface area contributed by atoms with Crippen molar-refractivity contribution in [2.24, 2.45) is 0 Å². The van der Waals surface area contributed by atoms with Gasteiger partial charge in [-0.3, -0.25) is 4.79 Å². The lowest BCUT2D eigenvalue weighted by atomic mass is 9.94. The second-order valence-corrected chi connectivity index (χ2v) is 9.25. The van der Waals surface area contributed by atoms with Gasteiger partial charge in [-0.2, -0.15) is 0 Å². The summed E-state index contributed by atoms with van der Waals surface area (Å²) < 4.78 is 39.2. The van der Waals surface area contributed by atoms with Crippen LogP contribution in [0.3, 0.4) is 0 Å². The molecule has 0 spiro atoms. The Balaban J connectivity index is 1.65. The summed E-state index contributed by atoms with van der Waals surface area (Å²) >= 11 is 0. The number of ether oxygens (including phenoxy) is 2. The fourth-order valence-corrected chi connectivity index (χ4v) is 4.95. The Bertz CT molecular complexity index is 1210. The second-order valence-electron chi connectivity index (χ2n) is 7.60. The van der Waals surface area contributed by atoms with Crippen LogP contribution in [0.15, 0.2) is 47.6 Å². The molecule has 0 radical (unpaired) electrons. The topological polar surface area (TPSA) is 110 Å². The van der Waals surface area contributed by atoms with Gasteiger partial charge >= 0.3 is 0 Å². The first-order valence-electron chi connectivity index (χ1n) is 10.2. The average molecular weight is 444 g/mol. The zero-order valence-electron chi connectivity index (χ0n) is 17.5. The first kappa shape index (κ1) is 21.3. The van der Waals surface area contributed by atoms with E-state index in [4.69, 9.17) is 9.47 Å². The number of fused-ring (bicyclic) bond motifs is 1. The number of carbonyl (C=O) groups is 1. The second kappa shape index (κ2) is 8.32. The monoisotopic (exact) mass is 443 g/mol. The largest absolute Gasteiger partial charge is 0.475 e. The van der Waals surface area contributed by atoms with Crippen LogP contribution in [0, 0.1) is 0 Å². The number of nitrogens with zero attached hydrogens (tertiary/aromatic N) is 1. The third-order valence-electron chi connectivity index (χ3n) is 5.61. The highest BCUT2D eigenvalue weighted by Gasteiger charge is 2.54. The molecule has 4 rings (SSSR count). The summed E-state index contributed by atoms with van der Waals surface area (Å²) in [5.74, 6) is -0.223. The minimum atomic E-state index is -4.06. The molecule has 0 unspecified atom stereocenters. The predicted octanol–water partition coefficient (Wildman–Crippen LogP) is 2.69. The molecule has 1 amide bonds. The lowest BCUT2D eigenvalue weighted by Gasteiger charge is -2.20. The molecular formula is C22H25N3O5S. The van der Waals surface area contributed by atoms with Crippen LogP contribution in [0.2, 0.25) is 0 Å². The van der Waals surface area contributed by atoms with Crippen molar-refractivity contribution in [2.45, 2.75) is 36.5 Å². The van der Waals surface area contributed by atoms with Crippen LogP contribution in [-0.4, -0.2) is 44.6 Å². The summed E-state index contributed by atoms with van der Waals surface area (Å²) in [5, 5.41) is 0.533. The summed E-state index contributed by atoms with van der Waals surface area (Å²) in [6.45, 7) is 2.66. The Morgan fingerprint density at radius 3 is 2.77 bits per heavy atom. The summed E-state index contributed by atoms with van der Waals surface area (Å²) in [7, 11) is -2.48. The zero-order valence-corrected chi connectivity index (χ0v) is 18.3. The molecule has 2 N–H and O–H groups in total. The van der Waals surface area contributed by atoms with Gasteiger partial charge in [0.1, 0.15) is 6.61 Å². The van der Waals surface area contributed by atoms with E-state index in [2.05, 4.69) is 14.7 Å². The number of sulfonamides is 1. The SMILES string of the molecule is CCc1cnc(OCCOC)c(C2(C(=O)NS(=O)(=O)c3cccc4[nH]ccc34)CC2)c1. The number of hydrogen-bond donors (Lipinski definition) is 2. The summed E-state index contributed by atoms with van der Waals surface area (Å²) in [5.41, 5.74) is 1.29. The molecule has 0 bridgehead atoms. The molecule has 0 aliphatic heterocycles. The lowest BCUT2D eigenvalue weighted by molar-refractivity contribution is -0.121. The molecule has 2 heterocycles. The smallest absolute Gasteiger partial charge is 0.264 e. The van der Waals surface area contributed by atoms with E-state index in [1.165, 1.54) is 6.07 Å². The van der Waals surface area contributed by atoms with Gasteiger partial charge in [0.15, 0.2) is 0 Å². The van der Waals surface area contributed by atoms with Gasteiger partial charge in [0, 0.05) is 36.0 Å². The van der Waals surface area contributed by atoms with Crippen LogP contribution < -0.4 is 9.46 Å². The standard InChI is InChI=1S/C22H25N3O5S/c1-3-15-13-17(20(24-14-15)30-12-11-29-2)22(8-9-22)21(26)25-31(27,28)19-6-4-5-18-16(19)7-10-23-18/h4-7,10,13-14,23H,3,8-9,11-12H2,1-2H3,(H,25,26). The van der Waals surface area contributed by atoms with Crippen molar-refractivity contribution in [1.29, 1.82) is 0 Å². The van der Waals surface area contributed by atoms with E-state index < -0.39 is 21.3 Å². The molecule has 1 saturated carbocycles. The summed E-state index contributed by atoms with van der Waals surface area (Å²) in [6, 6.07) is 8.48. The third-order valence-corrected chi connectivity index (χ3v) is 7.00. The van der Waals surface area contributed by atoms with Crippen LogP contribution in [0.25, 0.3) is 10.9 Å². The number of aromatic amines is 1. The fraction of sp³-hybridized carbons (Fsp3) is 0.364. The number of aryl methyl sites for hydroxylation is 1. The van der Waals surface area contributed by atoms with Gasteiger partial charge in [0.2, 0.25) is 11.8 Å². The van der Waals surface area contributed by atoms with Crippen molar-refractivity contribution in [3.63, 3.8) is 0 Å². The van der Waals surface area contributed by atoms with E-state index in [1.54, 1.807) is 37.7 Å². The van der Waals surface area contributed by atoms with Crippen molar-refractivity contribution in [1.82, 2.24) is 14.7 Å². The Morgan fingerprint density at radius 2 is 2.06 bits per heavy atom. The maximum Gasteiger partial charge on any atom is 0.264 e. The number of carbonyl (C=O) groups excluding carboxylic acids is 1. The molecule has 0 saturated heterocycles. The zero-order chi connectivity index (χ0) is 22.1. The molecule has 1 aromatic carbocycles. The number of rotatable bonds is 9. The molecule has 1 fully saturated rings. The van der Waals surface area contributed by atoms with Gasteiger partial charge in [-0.15, -0.1) is 0 Å². The number of methoxy groups -OCH3 is 1. The van der Waals surface area contributed by atoms with Gasteiger partial charge in [-0.05, 0) is 49.1 Å². The number of nitrogens with one attached hydrogen (secondary N) is 2. The first-order chi connectivity index (χ1) is 14.9. The van der Waals surface area contributed by atoms with E-state index in [9.17, 15) is 13.2 Å². The fourth-order valence-electron chi connectivity index (χ4n) is 3.68. The molecule has 31 heavy (non-hydrogen) atoms. The van der Waals surface area contributed by atoms with Crippen LogP contribution in [0.4, 0.5) is 0 Å². The highest BCUT2D eigenvalue weighted by Crippen LogP contribution is 2.51. The van der Waals surface area contributed by atoms with Gasteiger partial charge in [0.05, 0.1) is 16.9 Å². The molecule has 2 aromatic heterocycles. The number of H-pyrrole nitrogens is 1. The van der Waals surface area contributed by atoms with Crippen molar-refractivity contribution in [2.75, 3.05) is 20.3 Å². The molecule has 3 aromatic rings. The molecular weight excluding hydrogens is 418 g/mol. The summed E-state index contributed by atoms with van der Waals surface area (Å²) in [6.07, 6.45) is 5.17. The van der Waals surface area contributed by atoms with Crippen molar-refractivity contribution >= 4 is 26.8 Å². The minimum Gasteiger partial charge on any atom is -0.475 e. The molecule has 1 aliphatic rings. The number of benzene rings is 1. The quantitative estimate of drug-likeness (QED) is 0.492. The number of pyridine rings is 1. The van der Waals surface area contributed by atoms with Crippen LogP contribution in [-0.2, 0) is 31.4 Å². The Hall–Kier alpha value is -2.91. The van der Waals surface area contributed by atoms with E-state index >= 15 is 0 Å². The van der Waals surface area contributed by atoms with E-state index in [0.717, 1.165) is 12.0 Å². The van der Waals surface area contributed by atoms with E-state index in [1.807, 2.05) is 13.0 Å². The van der Waals surface area contributed by atoms with E-state index in [0.29, 0.717) is 41.8 Å². The van der Waals surface area contributed by atoms with Gasteiger partial charge < -0.3 is 14.5 Å². The van der Waals surface area contributed by atoms with Crippen LogP contribution in [0.5, 0.6) is 5.88 Å². The predicted molar refractivity (Wildman–Crippen MR) is 116 cm³/mol. The average Bonchev–Trinajstić information content (AvgIpc) is 3.43. The van der Waals surface area contributed by atoms with Crippen molar-refractivity contribution in [3.05, 3.63) is 53.9 Å². The Morgan fingerprint density at radius 1 is 1.26 bits per heavy atom. The maximum absolute atomic E-state index is 13.3. The van der Waals surface area contributed by atoms with Crippen molar-refractivity contribution < 1.29 is 22.7 Å². The molecule has 0 atom stereocenters. The van der Waals surface area contributed by atoms with Gasteiger partial charge in [0.25, 0.3) is 10.0 Å². The normalized spacial score (nSPS) is 15.0. The molecule has 9 heteroatoms. The van der Waals surface area contributed by atoms with Crippen LogP contribution >= 0.6 is 0 Å². The molecule has 1 aliphatic carbocycles. The first-order valence-corrected chi connectivity index (χ1v) is 11.6.